The van der Waals surface area contributed by atoms with Crippen molar-refractivity contribution < 1.29 is 13.2 Å². The summed E-state index contributed by atoms with van der Waals surface area (Å²) in [4.78, 5) is 0. The van der Waals surface area contributed by atoms with Crippen molar-refractivity contribution >= 4 is 23.4 Å². The molecule has 0 spiro atoms. The maximum absolute atomic E-state index is 11.9. The first-order valence-electron chi connectivity index (χ1n) is 2.73. The van der Waals surface area contributed by atoms with Crippen LogP contribution in [0.15, 0.2) is 11.1 Å². The smallest absolute Gasteiger partial charge is 0.354 e. The average Bonchev–Trinajstić information content (AvgIpc) is 2.07. The Bertz CT molecular complexity index is 198. The maximum atomic E-state index is 11.9. The Morgan fingerprint density at radius 1 is 1.64 bits per heavy atom. The van der Waals surface area contributed by atoms with E-state index in [1.807, 2.05) is 0 Å². The molecule has 1 N–H and O–H groups in total. The number of alkyl halides is 4. The summed E-state index contributed by atoms with van der Waals surface area (Å²) in [6.45, 7) is 1.47. The van der Waals surface area contributed by atoms with Crippen LogP contribution in [-0.4, -0.2) is 10.5 Å². The second-order valence-corrected chi connectivity index (χ2v) is 4.46. The molecule has 1 aliphatic rings. The van der Waals surface area contributed by atoms with Crippen LogP contribution in [0.5, 0.6) is 0 Å². The number of nitrogens with one attached hydrogen (secondary N) is 1. The van der Waals surface area contributed by atoms with Crippen molar-refractivity contribution in [3.05, 3.63) is 11.1 Å². The van der Waals surface area contributed by atoms with Crippen molar-refractivity contribution in [2.24, 2.45) is 0 Å². The summed E-state index contributed by atoms with van der Waals surface area (Å²) in [5.41, 5.74) is -0.778. The van der Waals surface area contributed by atoms with Crippen LogP contribution in [0.4, 0.5) is 13.2 Å². The monoisotopic (exact) mass is 203 g/mol. The summed E-state index contributed by atoms with van der Waals surface area (Å²) in [6, 6.07) is 0. The molecule has 1 unspecified atom stereocenters. The second kappa shape index (κ2) is 2.48. The minimum Gasteiger partial charge on any atom is -0.354 e. The number of hydrogen-bond acceptors (Lipinski definition) is 2. The molecule has 0 saturated carbocycles. The lowest BCUT2D eigenvalue weighted by Crippen LogP contribution is -2.33. The van der Waals surface area contributed by atoms with E-state index in [9.17, 15) is 13.2 Å². The number of thioether (sulfide) groups is 1. The summed E-state index contributed by atoms with van der Waals surface area (Å²) in [6.07, 6.45) is -4.32. The third kappa shape index (κ3) is 2.20. The lowest BCUT2D eigenvalue weighted by molar-refractivity contribution is -0.0965. The fourth-order valence-electron chi connectivity index (χ4n) is 0.607. The summed E-state index contributed by atoms with van der Waals surface area (Å²) < 4.78 is 34.7. The molecule has 11 heavy (non-hydrogen) atoms. The maximum Gasteiger partial charge on any atom is 0.431 e. The third-order valence-electron chi connectivity index (χ3n) is 1.06. The van der Waals surface area contributed by atoms with Gasteiger partial charge in [-0.3, -0.25) is 0 Å². The molecule has 1 rings (SSSR count). The average molecular weight is 204 g/mol. The number of hydrogen-bond donors (Lipinski definition) is 1. The number of halogens is 4. The molecule has 0 bridgehead atoms. The molecule has 0 aromatic rings. The van der Waals surface area contributed by atoms with Gasteiger partial charge in [-0.25, -0.2) is 0 Å². The lowest BCUT2D eigenvalue weighted by Gasteiger charge is -2.17. The van der Waals surface area contributed by atoms with Crippen LogP contribution in [0.1, 0.15) is 6.92 Å². The van der Waals surface area contributed by atoms with Gasteiger partial charge in [-0.2, -0.15) is 13.2 Å². The molecule has 0 amide bonds. The first kappa shape index (κ1) is 9.06. The standard InChI is InChI=1S/C5H5ClF3NS/c1-4(6)10-3(2-11-4)5(7,8)9/h2,10H,1H3. The zero-order valence-electron chi connectivity index (χ0n) is 5.50. The number of allylic oxidation sites excluding steroid dienone is 1. The normalized spacial score (nSPS) is 31.5. The van der Waals surface area contributed by atoms with Gasteiger partial charge < -0.3 is 5.32 Å². The van der Waals surface area contributed by atoms with Crippen LogP contribution in [0.2, 0.25) is 0 Å². The van der Waals surface area contributed by atoms with Crippen molar-refractivity contribution in [3.63, 3.8) is 0 Å². The van der Waals surface area contributed by atoms with E-state index < -0.39 is 16.2 Å². The highest BCUT2D eigenvalue weighted by molar-refractivity contribution is 8.04. The molecule has 1 aliphatic heterocycles. The third-order valence-corrected chi connectivity index (χ3v) is 2.32. The van der Waals surface area contributed by atoms with Crippen molar-refractivity contribution in [1.29, 1.82) is 0 Å². The van der Waals surface area contributed by atoms with Gasteiger partial charge in [0.25, 0.3) is 0 Å². The molecule has 0 aromatic heterocycles. The van der Waals surface area contributed by atoms with Crippen LogP contribution in [0.25, 0.3) is 0 Å². The number of rotatable bonds is 0. The minimum absolute atomic E-state index is 0.778. The Hall–Kier alpha value is -0.0300. The van der Waals surface area contributed by atoms with Gasteiger partial charge in [0.05, 0.1) is 0 Å². The van der Waals surface area contributed by atoms with Gasteiger partial charge in [0, 0.05) is 5.41 Å². The zero-order chi connectivity index (χ0) is 8.70. The van der Waals surface area contributed by atoms with E-state index in [0.717, 1.165) is 17.2 Å². The highest BCUT2D eigenvalue weighted by Gasteiger charge is 2.41. The Labute approximate surface area is 71.0 Å². The van der Waals surface area contributed by atoms with E-state index in [4.69, 9.17) is 11.6 Å². The van der Waals surface area contributed by atoms with E-state index in [2.05, 4.69) is 5.32 Å². The molecule has 0 radical (unpaired) electrons. The van der Waals surface area contributed by atoms with Crippen LogP contribution >= 0.6 is 23.4 Å². The summed E-state index contributed by atoms with van der Waals surface area (Å²) in [7, 11) is 0. The van der Waals surface area contributed by atoms with Crippen LogP contribution in [-0.2, 0) is 0 Å². The van der Waals surface area contributed by atoms with Gasteiger partial charge in [0.2, 0.25) is 0 Å². The molecule has 0 aromatic carbocycles. The largest absolute Gasteiger partial charge is 0.431 e. The minimum atomic E-state index is -4.32. The molecule has 1 atom stereocenters. The van der Waals surface area contributed by atoms with E-state index in [1.165, 1.54) is 6.92 Å². The Kier molecular flexibility index (Phi) is 2.05. The molecular formula is C5H5ClF3NS. The van der Waals surface area contributed by atoms with E-state index in [-0.39, 0.29) is 0 Å². The van der Waals surface area contributed by atoms with Gasteiger partial charge in [-0.05, 0) is 6.92 Å². The highest BCUT2D eigenvalue weighted by atomic mass is 35.5. The van der Waals surface area contributed by atoms with Gasteiger partial charge >= 0.3 is 6.18 Å². The molecule has 0 fully saturated rings. The SMILES string of the molecule is CC1(Cl)NC(C(F)(F)F)=CS1. The van der Waals surface area contributed by atoms with Gasteiger partial charge in [0.15, 0.2) is 4.33 Å². The van der Waals surface area contributed by atoms with Crippen LogP contribution in [0.3, 0.4) is 0 Å². The van der Waals surface area contributed by atoms with E-state index in [0.29, 0.717) is 0 Å². The van der Waals surface area contributed by atoms with Gasteiger partial charge in [0.1, 0.15) is 5.70 Å². The molecule has 1 heterocycles. The molecular weight excluding hydrogens is 199 g/mol. The Morgan fingerprint density at radius 2 is 2.18 bits per heavy atom. The fraction of sp³-hybridized carbons (Fsp3) is 0.600. The first-order chi connectivity index (χ1) is 4.81. The predicted octanol–water partition coefficient (Wildman–Crippen LogP) is 2.64. The Morgan fingerprint density at radius 3 is 2.36 bits per heavy atom. The first-order valence-corrected chi connectivity index (χ1v) is 3.99. The summed E-state index contributed by atoms with van der Waals surface area (Å²) in [5, 5.41) is 3.11. The molecule has 64 valence electrons. The van der Waals surface area contributed by atoms with Crippen molar-refractivity contribution in [2.75, 3.05) is 0 Å². The van der Waals surface area contributed by atoms with Crippen molar-refractivity contribution in [3.8, 4) is 0 Å². The van der Waals surface area contributed by atoms with Crippen LogP contribution < -0.4 is 5.32 Å². The summed E-state index contributed by atoms with van der Waals surface area (Å²) in [5.74, 6) is 0. The predicted molar refractivity (Wildman–Crippen MR) is 39.1 cm³/mol. The molecule has 6 heteroatoms. The quantitative estimate of drug-likeness (QED) is 0.480. The molecule has 0 saturated heterocycles. The Balaban J connectivity index is 2.68. The fourth-order valence-corrected chi connectivity index (χ4v) is 1.54. The van der Waals surface area contributed by atoms with Gasteiger partial charge in [-0.1, -0.05) is 23.4 Å². The van der Waals surface area contributed by atoms with Crippen LogP contribution in [0, 0.1) is 0 Å². The van der Waals surface area contributed by atoms with E-state index in [1.54, 1.807) is 0 Å². The topological polar surface area (TPSA) is 12.0 Å². The summed E-state index contributed by atoms with van der Waals surface area (Å²) >= 11 is 6.47. The van der Waals surface area contributed by atoms with E-state index >= 15 is 0 Å². The lowest BCUT2D eigenvalue weighted by atomic mass is 10.5. The van der Waals surface area contributed by atoms with Gasteiger partial charge in [-0.15, -0.1) is 0 Å². The highest BCUT2D eigenvalue weighted by Crippen LogP contribution is 2.40. The second-order valence-electron chi connectivity index (χ2n) is 2.19. The molecule has 1 nitrogen and oxygen atoms in total. The van der Waals surface area contributed by atoms with Crippen molar-refractivity contribution in [1.82, 2.24) is 5.32 Å². The molecule has 0 aliphatic carbocycles. The van der Waals surface area contributed by atoms with Crippen molar-refractivity contribution in [2.45, 2.75) is 17.4 Å². The zero-order valence-corrected chi connectivity index (χ0v) is 7.07.